The molecule has 0 aliphatic carbocycles. The Kier molecular flexibility index (Phi) is 6.07. The Balaban J connectivity index is 1.85. The highest BCUT2D eigenvalue weighted by Gasteiger charge is 2.33. The highest BCUT2D eigenvalue weighted by atomic mass is 16.5. The van der Waals surface area contributed by atoms with Crippen LogP contribution in [-0.2, 0) is 0 Å². The van der Waals surface area contributed by atoms with Crippen molar-refractivity contribution in [1.82, 2.24) is 4.90 Å². The van der Waals surface area contributed by atoms with E-state index in [2.05, 4.69) is 37.8 Å². The maximum Gasteiger partial charge on any atom is 0.119 e. The summed E-state index contributed by atoms with van der Waals surface area (Å²) in [6.07, 6.45) is 2.20. The maximum absolute atomic E-state index is 9.55. The highest BCUT2D eigenvalue weighted by molar-refractivity contribution is 5.26. The Bertz CT molecular complexity index is 418. The first-order valence-electron chi connectivity index (χ1n) is 8.18. The number of hydrogen-bond acceptors (Lipinski definition) is 3. The van der Waals surface area contributed by atoms with E-state index in [-0.39, 0.29) is 6.61 Å². The lowest BCUT2D eigenvalue weighted by atomic mass is 9.99. The largest absolute Gasteiger partial charge is 0.493 e. The van der Waals surface area contributed by atoms with Crippen LogP contribution in [0.1, 0.15) is 32.3 Å². The van der Waals surface area contributed by atoms with Gasteiger partial charge in [-0.25, -0.2) is 0 Å². The predicted octanol–water partition coefficient (Wildman–Crippen LogP) is 3.10. The molecule has 0 aromatic heterocycles. The Morgan fingerprint density at radius 2 is 2.00 bits per heavy atom. The summed E-state index contributed by atoms with van der Waals surface area (Å²) < 4.78 is 5.95. The molecule has 2 rings (SSSR count). The van der Waals surface area contributed by atoms with Gasteiger partial charge in [0.15, 0.2) is 0 Å². The lowest BCUT2D eigenvalue weighted by Gasteiger charge is -2.25. The minimum atomic E-state index is 0.270. The molecule has 0 spiro atoms. The Morgan fingerprint density at radius 1 is 1.29 bits per heavy atom. The third-order valence-electron chi connectivity index (χ3n) is 4.63. The topological polar surface area (TPSA) is 32.7 Å². The van der Waals surface area contributed by atoms with Crippen LogP contribution in [0.3, 0.4) is 0 Å². The number of rotatable bonds is 7. The molecule has 1 aromatic carbocycles. The molecule has 1 aliphatic heterocycles. The molecule has 1 saturated heterocycles. The van der Waals surface area contributed by atoms with E-state index in [1.54, 1.807) is 0 Å². The molecule has 1 fully saturated rings. The molecule has 0 radical (unpaired) electrons. The number of hydrogen-bond donors (Lipinski definition) is 1. The summed E-state index contributed by atoms with van der Waals surface area (Å²) >= 11 is 0. The van der Waals surface area contributed by atoms with Crippen LogP contribution in [0.15, 0.2) is 24.3 Å². The summed E-state index contributed by atoms with van der Waals surface area (Å²) in [6.45, 7) is 9.72. The molecule has 3 atom stereocenters. The smallest absolute Gasteiger partial charge is 0.119 e. The van der Waals surface area contributed by atoms with Gasteiger partial charge >= 0.3 is 0 Å². The van der Waals surface area contributed by atoms with Crippen molar-refractivity contribution >= 4 is 0 Å². The summed E-state index contributed by atoms with van der Waals surface area (Å²) in [6, 6.07) is 8.58. The SMILES string of the molecule is CCCC(CO)N1CC(C)C(COc2ccc(C)cc2)C1. The van der Waals surface area contributed by atoms with Crippen molar-refractivity contribution in [3.63, 3.8) is 0 Å². The molecule has 3 heteroatoms. The fourth-order valence-corrected chi connectivity index (χ4v) is 3.15. The molecule has 0 bridgehead atoms. The van der Waals surface area contributed by atoms with Gasteiger partial charge in [0.2, 0.25) is 0 Å². The van der Waals surface area contributed by atoms with Crippen molar-refractivity contribution in [2.24, 2.45) is 11.8 Å². The standard InChI is InChI=1S/C18H29NO2/c1-4-5-17(12-20)19-10-15(3)16(11-19)13-21-18-8-6-14(2)7-9-18/h6-9,15-17,20H,4-5,10-13H2,1-3H3. The summed E-state index contributed by atoms with van der Waals surface area (Å²) in [7, 11) is 0. The van der Waals surface area contributed by atoms with E-state index in [9.17, 15) is 5.11 Å². The Morgan fingerprint density at radius 3 is 2.62 bits per heavy atom. The lowest BCUT2D eigenvalue weighted by molar-refractivity contribution is 0.129. The predicted molar refractivity (Wildman–Crippen MR) is 86.7 cm³/mol. The van der Waals surface area contributed by atoms with E-state index < -0.39 is 0 Å². The van der Waals surface area contributed by atoms with Gasteiger partial charge in [0, 0.05) is 25.0 Å². The average Bonchev–Trinajstić information content (AvgIpc) is 2.85. The summed E-state index contributed by atoms with van der Waals surface area (Å²) in [5.41, 5.74) is 1.26. The number of nitrogens with zero attached hydrogens (tertiary/aromatic N) is 1. The molecule has 118 valence electrons. The van der Waals surface area contributed by atoms with Crippen molar-refractivity contribution in [3.8, 4) is 5.75 Å². The van der Waals surface area contributed by atoms with Gasteiger partial charge in [-0.05, 0) is 31.4 Å². The zero-order valence-corrected chi connectivity index (χ0v) is 13.6. The Labute approximate surface area is 128 Å². The fourth-order valence-electron chi connectivity index (χ4n) is 3.15. The zero-order chi connectivity index (χ0) is 15.2. The summed E-state index contributed by atoms with van der Waals surface area (Å²) in [5, 5.41) is 9.55. The van der Waals surface area contributed by atoms with E-state index in [4.69, 9.17) is 4.74 Å². The first-order chi connectivity index (χ1) is 10.1. The van der Waals surface area contributed by atoms with Gasteiger partial charge < -0.3 is 9.84 Å². The Hall–Kier alpha value is -1.06. The van der Waals surface area contributed by atoms with Crippen molar-refractivity contribution in [2.45, 2.75) is 39.7 Å². The first kappa shape index (κ1) is 16.3. The quantitative estimate of drug-likeness (QED) is 0.838. The van der Waals surface area contributed by atoms with Crippen LogP contribution in [0.25, 0.3) is 0 Å². The minimum absolute atomic E-state index is 0.270. The molecule has 3 unspecified atom stereocenters. The molecular weight excluding hydrogens is 262 g/mol. The number of ether oxygens (including phenoxy) is 1. The van der Waals surface area contributed by atoms with Crippen molar-refractivity contribution in [1.29, 1.82) is 0 Å². The van der Waals surface area contributed by atoms with Crippen molar-refractivity contribution in [2.75, 3.05) is 26.3 Å². The first-order valence-corrected chi connectivity index (χ1v) is 8.18. The van der Waals surface area contributed by atoms with Gasteiger partial charge in [0.05, 0.1) is 13.2 Å². The molecule has 0 amide bonds. The third kappa shape index (κ3) is 4.45. The second-order valence-corrected chi connectivity index (χ2v) is 6.44. The lowest BCUT2D eigenvalue weighted by Crippen LogP contribution is -2.36. The molecule has 3 nitrogen and oxygen atoms in total. The van der Waals surface area contributed by atoms with E-state index >= 15 is 0 Å². The number of likely N-dealkylation sites (tertiary alicyclic amines) is 1. The van der Waals surface area contributed by atoms with Crippen LogP contribution in [0.5, 0.6) is 5.75 Å². The minimum Gasteiger partial charge on any atom is -0.493 e. The van der Waals surface area contributed by atoms with Gasteiger partial charge in [-0.15, -0.1) is 0 Å². The number of aliphatic hydroxyl groups excluding tert-OH is 1. The fraction of sp³-hybridized carbons (Fsp3) is 0.667. The van der Waals surface area contributed by atoms with Gasteiger partial charge in [0.1, 0.15) is 5.75 Å². The van der Waals surface area contributed by atoms with Crippen LogP contribution in [0.4, 0.5) is 0 Å². The van der Waals surface area contributed by atoms with Crippen molar-refractivity contribution < 1.29 is 9.84 Å². The third-order valence-corrected chi connectivity index (χ3v) is 4.63. The van der Waals surface area contributed by atoms with E-state index in [0.29, 0.717) is 17.9 Å². The van der Waals surface area contributed by atoms with E-state index in [1.165, 1.54) is 5.56 Å². The average molecular weight is 291 g/mol. The van der Waals surface area contributed by atoms with E-state index in [0.717, 1.165) is 38.3 Å². The van der Waals surface area contributed by atoms with Gasteiger partial charge in [-0.2, -0.15) is 0 Å². The summed E-state index contributed by atoms with van der Waals surface area (Å²) in [4.78, 5) is 2.44. The van der Waals surface area contributed by atoms with Crippen molar-refractivity contribution in [3.05, 3.63) is 29.8 Å². The second-order valence-electron chi connectivity index (χ2n) is 6.44. The molecule has 1 aliphatic rings. The molecule has 0 saturated carbocycles. The normalized spacial score (nSPS) is 24.2. The molecular formula is C18H29NO2. The van der Waals surface area contributed by atoms with Crippen LogP contribution >= 0.6 is 0 Å². The maximum atomic E-state index is 9.55. The highest BCUT2D eigenvalue weighted by Crippen LogP contribution is 2.27. The van der Waals surface area contributed by atoms with Gasteiger partial charge in [-0.1, -0.05) is 38.0 Å². The van der Waals surface area contributed by atoms with Gasteiger partial charge in [-0.3, -0.25) is 4.90 Å². The molecule has 1 aromatic rings. The van der Waals surface area contributed by atoms with Crippen LogP contribution in [0.2, 0.25) is 0 Å². The monoisotopic (exact) mass is 291 g/mol. The number of aliphatic hydroxyl groups is 1. The van der Waals surface area contributed by atoms with Crippen LogP contribution < -0.4 is 4.74 Å². The number of benzene rings is 1. The molecule has 1 heterocycles. The summed E-state index contributed by atoms with van der Waals surface area (Å²) in [5.74, 6) is 2.14. The van der Waals surface area contributed by atoms with E-state index in [1.807, 2.05) is 12.1 Å². The van der Waals surface area contributed by atoms with Gasteiger partial charge in [0.25, 0.3) is 0 Å². The van der Waals surface area contributed by atoms with Crippen LogP contribution in [-0.4, -0.2) is 42.4 Å². The van der Waals surface area contributed by atoms with Crippen LogP contribution in [0, 0.1) is 18.8 Å². The molecule has 21 heavy (non-hydrogen) atoms. The second kappa shape index (κ2) is 7.81. The molecule has 1 N–H and O–H groups in total. The number of aryl methyl sites for hydroxylation is 1. The zero-order valence-electron chi connectivity index (χ0n) is 13.6.